The van der Waals surface area contributed by atoms with Gasteiger partial charge in [0.25, 0.3) is 0 Å². The number of nitrogens with zero attached hydrogens (tertiary/aromatic N) is 1. The van der Waals surface area contributed by atoms with Crippen molar-refractivity contribution in [3.05, 3.63) is 71.3 Å². The molecule has 3 rings (SSSR count). The Morgan fingerprint density at radius 2 is 1.74 bits per heavy atom. The number of hydrogen-bond donors (Lipinski definition) is 0. The standard InChI is InChI=1S/C18H15N/c1-2-18(13-19)16-11-7-6-10-15(16)17(18)12-14-8-4-3-5-9-14/h3-12H,2H2,1H3/b17-12+. The highest BCUT2D eigenvalue weighted by atomic mass is 14.5. The Morgan fingerprint density at radius 1 is 1.05 bits per heavy atom. The van der Waals surface area contributed by atoms with Crippen LogP contribution < -0.4 is 0 Å². The third-order valence-electron chi connectivity index (χ3n) is 3.97. The largest absolute Gasteiger partial charge is 0.197 e. The molecule has 0 radical (unpaired) electrons. The Morgan fingerprint density at radius 3 is 2.42 bits per heavy atom. The first-order valence-electron chi connectivity index (χ1n) is 6.60. The third-order valence-corrected chi connectivity index (χ3v) is 3.97. The molecule has 1 aliphatic rings. The summed E-state index contributed by atoms with van der Waals surface area (Å²) >= 11 is 0. The lowest BCUT2D eigenvalue weighted by Gasteiger charge is -2.41. The summed E-state index contributed by atoms with van der Waals surface area (Å²) in [4.78, 5) is 0. The summed E-state index contributed by atoms with van der Waals surface area (Å²) in [5, 5.41) is 9.64. The van der Waals surface area contributed by atoms with E-state index in [1.807, 2.05) is 30.3 Å². The van der Waals surface area contributed by atoms with Gasteiger partial charge in [-0.3, -0.25) is 0 Å². The minimum atomic E-state index is -0.424. The van der Waals surface area contributed by atoms with E-state index >= 15 is 0 Å². The molecule has 0 spiro atoms. The lowest BCUT2D eigenvalue weighted by atomic mass is 9.59. The second-order valence-electron chi connectivity index (χ2n) is 4.88. The van der Waals surface area contributed by atoms with Crippen LogP contribution in [0.4, 0.5) is 0 Å². The summed E-state index contributed by atoms with van der Waals surface area (Å²) in [6, 6.07) is 21.0. The van der Waals surface area contributed by atoms with Crippen LogP contribution in [0.5, 0.6) is 0 Å². The fourth-order valence-electron chi connectivity index (χ4n) is 2.90. The van der Waals surface area contributed by atoms with E-state index in [0.717, 1.165) is 17.6 Å². The highest BCUT2D eigenvalue weighted by Gasteiger charge is 2.46. The molecular formula is C18H15N. The summed E-state index contributed by atoms with van der Waals surface area (Å²) in [7, 11) is 0. The van der Waals surface area contributed by atoms with Crippen molar-refractivity contribution >= 4 is 11.6 Å². The van der Waals surface area contributed by atoms with Crippen molar-refractivity contribution in [2.45, 2.75) is 18.8 Å². The zero-order valence-corrected chi connectivity index (χ0v) is 10.9. The molecule has 0 amide bonds. The zero-order valence-electron chi connectivity index (χ0n) is 10.9. The van der Waals surface area contributed by atoms with Gasteiger partial charge in [-0.15, -0.1) is 0 Å². The third kappa shape index (κ3) is 1.61. The van der Waals surface area contributed by atoms with E-state index in [9.17, 15) is 5.26 Å². The van der Waals surface area contributed by atoms with Gasteiger partial charge in [0, 0.05) is 0 Å². The molecule has 0 N–H and O–H groups in total. The van der Waals surface area contributed by atoms with Gasteiger partial charge in [0.05, 0.1) is 6.07 Å². The molecule has 1 aliphatic carbocycles. The number of benzene rings is 2. The molecule has 1 atom stereocenters. The van der Waals surface area contributed by atoms with Crippen LogP contribution in [0.2, 0.25) is 0 Å². The first-order chi connectivity index (χ1) is 9.31. The van der Waals surface area contributed by atoms with Crippen LogP contribution in [-0.4, -0.2) is 0 Å². The topological polar surface area (TPSA) is 23.8 Å². The summed E-state index contributed by atoms with van der Waals surface area (Å²) in [5.41, 5.74) is 4.27. The molecule has 2 aromatic carbocycles. The second-order valence-corrected chi connectivity index (χ2v) is 4.88. The number of hydrogen-bond acceptors (Lipinski definition) is 1. The summed E-state index contributed by atoms with van der Waals surface area (Å²) < 4.78 is 0. The lowest BCUT2D eigenvalue weighted by Crippen LogP contribution is -2.35. The van der Waals surface area contributed by atoms with Gasteiger partial charge in [-0.1, -0.05) is 61.5 Å². The Bertz CT molecular complexity index is 676. The Kier molecular flexibility index (Phi) is 2.72. The maximum Gasteiger partial charge on any atom is 0.108 e. The lowest BCUT2D eigenvalue weighted by molar-refractivity contribution is 0.639. The quantitative estimate of drug-likeness (QED) is 0.768. The molecule has 0 aromatic heterocycles. The molecular weight excluding hydrogens is 230 g/mol. The second kappa shape index (κ2) is 4.40. The first-order valence-corrected chi connectivity index (χ1v) is 6.60. The van der Waals surface area contributed by atoms with Gasteiger partial charge in [0.15, 0.2) is 0 Å². The molecule has 92 valence electrons. The minimum Gasteiger partial charge on any atom is -0.197 e. The average Bonchev–Trinajstić information content (AvgIpc) is 2.48. The van der Waals surface area contributed by atoms with Gasteiger partial charge in [-0.2, -0.15) is 5.26 Å². The normalized spacial score (nSPS) is 22.4. The van der Waals surface area contributed by atoms with E-state index < -0.39 is 5.41 Å². The van der Waals surface area contributed by atoms with E-state index in [1.54, 1.807) is 0 Å². The highest BCUT2D eigenvalue weighted by Crippen LogP contribution is 2.53. The molecule has 0 fully saturated rings. The maximum absolute atomic E-state index is 9.64. The van der Waals surface area contributed by atoms with Gasteiger partial charge < -0.3 is 0 Å². The van der Waals surface area contributed by atoms with Gasteiger partial charge in [-0.25, -0.2) is 0 Å². The molecule has 0 saturated heterocycles. The smallest absolute Gasteiger partial charge is 0.108 e. The fraction of sp³-hybridized carbons (Fsp3) is 0.167. The van der Waals surface area contributed by atoms with Crippen molar-refractivity contribution in [3.8, 4) is 6.07 Å². The summed E-state index contributed by atoms with van der Waals surface area (Å²) in [6.07, 6.45) is 2.97. The predicted octanol–water partition coefficient (Wildman–Crippen LogP) is 4.41. The van der Waals surface area contributed by atoms with Gasteiger partial charge in [0.1, 0.15) is 5.41 Å². The average molecular weight is 245 g/mol. The van der Waals surface area contributed by atoms with E-state index in [0.29, 0.717) is 0 Å². The van der Waals surface area contributed by atoms with Crippen LogP contribution in [0.25, 0.3) is 11.6 Å². The molecule has 19 heavy (non-hydrogen) atoms. The van der Waals surface area contributed by atoms with Crippen molar-refractivity contribution in [3.63, 3.8) is 0 Å². The summed E-state index contributed by atoms with van der Waals surface area (Å²) in [5.74, 6) is 0. The zero-order chi connectivity index (χ0) is 13.3. The predicted molar refractivity (Wildman–Crippen MR) is 78.3 cm³/mol. The molecule has 0 saturated carbocycles. The van der Waals surface area contributed by atoms with Gasteiger partial charge >= 0.3 is 0 Å². The van der Waals surface area contributed by atoms with Crippen molar-refractivity contribution in [1.82, 2.24) is 0 Å². The fourth-order valence-corrected chi connectivity index (χ4v) is 2.90. The van der Waals surface area contributed by atoms with Crippen LogP contribution in [0.15, 0.2) is 54.6 Å². The Hall–Kier alpha value is -2.33. The van der Waals surface area contributed by atoms with Crippen molar-refractivity contribution in [2.24, 2.45) is 0 Å². The minimum absolute atomic E-state index is 0.424. The number of allylic oxidation sites excluding steroid dienone is 1. The molecule has 0 heterocycles. The van der Waals surface area contributed by atoms with Crippen molar-refractivity contribution in [2.75, 3.05) is 0 Å². The van der Waals surface area contributed by atoms with Crippen LogP contribution in [0, 0.1) is 11.3 Å². The molecule has 1 unspecified atom stereocenters. The Labute approximate surface area is 113 Å². The van der Waals surface area contributed by atoms with Crippen molar-refractivity contribution in [1.29, 1.82) is 5.26 Å². The van der Waals surface area contributed by atoms with Crippen LogP contribution >= 0.6 is 0 Å². The number of nitriles is 1. The van der Waals surface area contributed by atoms with E-state index in [1.165, 1.54) is 11.1 Å². The molecule has 0 aliphatic heterocycles. The first kappa shape index (κ1) is 11.7. The Balaban J connectivity index is 2.17. The maximum atomic E-state index is 9.64. The van der Waals surface area contributed by atoms with Crippen molar-refractivity contribution < 1.29 is 0 Å². The van der Waals surface area contributed by atoms with E-state index in [-0.39, 0.29) is 0 Å². The van der Waals surface area contributed by atoms with Crippen LogP contribution in [-0.2, 0) is 5.41 Å². The molecule has 2 aromatic rings. The van der Waals surface area contributed by atoms with Crippen LogP contribution in [0.3, 0.4) is 0 Å². The van der Waals surface area contributed by atoms with Crippen LogP contribution in [0.1, 0.15) is 30.0 Å². The number of rotatable bonds is 2. The van der Waals surface area contributed by atoms with Gasteiger partial charge in [-0.05, 0) is 34.8 Å². The molecule has 1 nitrogen and oxygen atoms in total. The number of fused-ring (bicyclic) bond motifs is 1. The van der Waals surface area contributed by atoms with E-state index in [4.69, 9.17) is 0 Å². The monoisotopic (exact) mass is 245 g/mol. The molecule has 0 bridgehead atoms. The molecule has 1 heteroatoms. The highest BCUT2D eigenvalue weighted by molar-refractivity contribution is 5.98. The SMILES string of the molecule is CCC1(C#N)/C(=C/c2ccccc2)c2ccccc21. The van der Waals surface area contributed by atoms with Gasteiger partial charge in [0.2, 0.25) is 0 Å². The summed E-state index contributed by atoms with van der Waals surface area (Å²) in [6.45, 7) is 2.08. The van der Waals surface area contributed by atoms with E-state index in [2.05, 4.69) is 43.3 Å².